The molecule has 3 N–H and O–H groups in total. The summed E-state index contributed by atoms with van der Waals surface area (Å²) in [5.41, 5.74) is 7.42. The molecule has 2 heterocycles. The Hall–Kier alpha value is -1.75. The summed E-state index contributed by atoms with van der Waals surface area (Å²) in [6.07, 6.45) is 3.33. The molecule has 0 aliphatic carbocycles. The van der Waals surface area contributed by atoms with Crippen molar-refractivity contribution in [1.82, 2.24) is 0 Å². The number of aliphatic imine (C=N–C) groups is 1. The minimum atomic E-state index is -0.0364. The maximum absolute atomic E-state index is 5.98. The van der Waals surface area contributed by atoms with E-state index in [4.69, 9.17) is 15.2 Å². The highest BCUT2D eigenvalue weighted by Crippen LogP contribution is 2.32. The maximum atomic E-state index is 5.98. The number of anilines is 2. The highest BCUT2D eigenvalue weighted by Gasteiger charge is 2.25. The molecule has 0 spiro atoms. The normalized spacial score (nSPS) is 26.9. The van der Waals surface area contributed by atoms with E-state index >= 15 is 0 Å². The van der Waals surface area contributed by atoms with Crippen molar-refractivity contribution >= 4 is 17.2 Å². The van der Waals surface area contributed by atoms with Gasteiger partial charge in [0.1, 0.15) is 11.6 Å². The number of nitrogens with one attached hydrogen (secondary N) is 1. The first-order valence-corrected chi connectivity index (χ1v) is 7.25. The monoisotopic (exact) mass is 275 g/mol. The molecule has 0 aromatic heterocycles. The van der Waals surface area contributed by atoms with Gasteiger partial charge in [0.05, 0.1) is 18.3 Å². The van der Waals surface area contributed by atoms with Gasteiger partial charge in [-0.05, 0) is 31.4 Å². The van der Waals surface area contributed by atoms with E-state index in [0.717, 1.165) is 43.1 Å². The van der Waals surface area contributed by atoms with Gasteiger partial charge in [-0.1, -0.05) is 6.92 Å². The van der Waals surface area contributed by atoms with E-state index in [1.165, 1.54) is 0 Å². The van der Waals surface area contributed by atoms with Crippen molar-refractivity contribution < 1.29 is 9.47 Å². The molecule has 1 fully saturated rings. The van der Waals surface area contributed by atoms with E-state index in [2.05, 4.69) is 17.2 Å². The van der Waals surface area contributed by atoms with Crippen LogP contribution in [0.4, 0.5) is 11.4 Å². The summed E-state index contributed by atoms with van der Waals surface area (Å²) in [6, 6.07) is 5.64. The number of fused-ring (bicyclic) bond motifs is 1. The van der Waals surface area contributed by atoms with Crippen molar-refractivity contribution in [2.75, 3.05) is 24.2 Å². The average molecular weight is 275 g/mol. The minimum absolute atomic E-state index is 0.0364. The Labute approximate surface area is 119 Å². The van der Waals surface area contributed by atoms with Crippen LogP contribution in [0.2, 0.25) is 0 Å². The van der Waals surface area contributed by atoms with Crippen LogP contribution in [0.15, 0.2) is 23.2 Å². The van der Waals surface area contributed by atoms with Gasteiger partial charge in [-0.3, -0.25) is 4.99 Å². The number of amidine groups is 1. The smallest absolute Gasteiger partial charge is 0.155 e. The van der Waals surface area contributed by atoms with Crippen LogP contribution in [-0.2, 0) is 4.74 Å². The molecule has 0 radical (unpaired) electrons. The molecule has 2 unspecified atom stereocenters. The highest BCUT2D eigenvalue weighted by atomic mass is 16.5. The van der Waals surface area contributed by atoms with Crippen LogP contribution in [0.3, 0.4) is 0 Å². The molecule has 0 amide bonds. The van der Waals surface area contributed by atoms with E-state index in [-0.39, 0.29) is 12.2 Å². The van der Waals surface area contributed by atoms with Gasteiger partial charge < -0.3 is 20.5 Å². The van der Waals surface area contributed by atoms with E-state index in [1.807, 2.05) is 18.2 Å². The van der Waals surface area contributed by atoms with Gasteiger partial charge in [-0.25, -0.2) is 0 Å². The third kappa shape index (κ3) is 2.72. The first kappa shape index (κ1) is 13.2. The van der Waals surface area contributed by atoms with Gasteiger partial charge in [0.15, 0.2) is 6.10 Å². The van der Waals surface area contributed by atoms with Gasteiger partial charge in [0.2, 0.25) is 0 Å². The fourth-order valence-corrected chi connectivity index (χ4v) is 2.57. The van der Waals surface area contributed by atoms with Crippen molar-refractivity contribution in [1.29, 1.82) is 0 Å². The number of nitrogens with zero attached hydrogens (tertiary/aromatic N) is 1. The number of rotatable bonds is 3. The zero-order chi connectivity index (χ0) is 13.9. The van der Waals surface area contributed by atoms with Crippen molar-refractivity contribution in [2.24, 2.45) is 4.99 Å². The van der Waals surface area contributed by atoms with Crippen LogP contribution in [0.1, 0.15) is 26.2 Å². The van der Waals surface area contributed by atoms with Gasteiger partial charge >= 0.3 is 0 Å². The average Bonchev–Trinajstić information content (AvgIpc) is 2.97. The van der Waals surface area contributed by atoms with Crippen molar-refractivity contribution in [2.45, 2.75) is 38.4 Å². The molecule has 0 saturated carbocycles. The second-order valence-corrected chi connectivity index (χ2v) is 5.26. The summed E-state index contributed by atoms with van der Waals surface area (Å²) in [5, 5.41) is 3.36. The lowest BCUT2D eigenvalue weighted by Crippen LogP contribution is -2.37. The number of ether oxygens (including phenoxy) is 2. The molecular formula is C15H21N3O2. The summed E-state index contributed by atoms with van der Waals surface area (Å²) < 4.78 is 11.6. The van der Waals surface area contributed by atoms with Gasteiger partial charge in [-0.15, -0.1) is 0 Å². The van der Waals surface area contributed by atoms with Crippen LogP contribution >= 0.6 is 0 Å². The largest absolute Gasteiger partial charge is 0.480 e. The molecule has 5 nitrogen and oxygen atoms in total. The lowest BCUT2D eigenvalue weighted by molar-refractivity contribution is 0.117. The SMILES string of the molecule is CCC1Oc2cc(N)ccc2NC1=NCC1CCCO1. The first-order valence-electron chi connectivity index (χ1n) is 7.25. The quantitative estimate of drug-likeness (QED) is 0.831. The summed E-state index contributed by atoms with van der Waals surface area (Å²) >= 11 is 0. The van der Waals surface area contributed by atoms with Crippen molar-refractivity contribution in [3.05, 3.63) is 18.2 Å². The molecule has 3 rings (SSSR count). The van der Waals surface area contributed by atoms with Crippen molar-refractivity contribution in [3.63, 3.8) is 0 Å². The molecule has 2 aliphatic heterocycles. The molecule has 1 aromatic carbocycles. The van der Waals surface area contributed by atoms with E-state index < -0.39 is 0 Å². The maximum Gasteiger partial charge on any atom is 0.155 e. The fraction of sp³-hybridized carbons (Fsp3) is 0.533. The Balaban J connectivity index is 1.76. The number of nitrogen functional groups attached to an aromatic ring is 1. The van der Waals surface area contributed by atoms with Gasteiger partial charge in [0.25, 0.3) is 0 Å². The van der Waals surface area contributed by atoms with Crippen molar-refractivity contribution in [3.8, 4) is 5.75 Å². The molecule has 2 atom stereocenters. The molecule has 0 bridgehead atoms. The summed E-state index contributed by atoms with van der Waals surface area (Å²) in [5.74, 6) is 1.69. The lowest BCUT2D eigenvalue weighted by atomic mass is 10.1. The van der Waals surface area contributed by atoms with E-state index in [1.54, 1.807) is 0 Å². The number of hydrogen-bond donors (Lipinski definition) is 2. The Morgan fingerprint density at radius 1 is 1.45 bits per heavy atom. The van der Waals surface area contributed by atoms with E-state index in [9.17, 15) is 0 Å². The third-order valence-electron chi connectivity index (χ3n) is 3.70. The molecule has 1 aromatic rings. The Morgan fingerprint density at radius 3 is 3.10 bits per heavy atom. The van der Waals surface area contributed by atoms with Crippen LogP contribution in [-0.4, -0.2) is 31.2 Å². The van der Waals surface area contributed by atoms with Gasteiger partial charge in [0, 0.05) is 18.4 Å². The topological polar surface area (TPSA) is 68.9 Å². The van der Waals surface area contributed by atoms with E-state index in [0.29, 0.717) is 12.2 Å². The predicted octanol–water partition coefficient (Wildman–Crippen LogP) is 2.43. The molecule has 1 saturated heterocycles. The van der Waals surface area contributed by atoms with Crippen LogP contribution in [0.25, 0.3) is 0 Å². The second kappa shape index (κ2) is 5.71. The summed E-state index contributed by atoms with van der Waals surface area (Å²) in [7, 11) is 0. The van der Waals surface area contributed by atoms with Crippen LogP contribution in [0.5, 0.6) is 5.75 Å². The molecule has 2 aliphatic rings. The van der Waals surface area contributed by atoms with Crippen LogP contribution in [0, 0.1) is 0 Å². The Morgan fingerprint density at radius 2 is 2.35 bits per heavy atom. The molecular weight excluding hydrogens is 254 g/mol. The van der Waals surface area contributed by atoms with Crippen LogP contribution < -0.4 is 15.8 Å². The Bertz CT molecular complexity index is 510. The predicted molar refractivity (Wildman–Crippen MR) is 80.5 cm³/mol. The molecule has 108 valence electrons. The first-order chi connectivity index (χ1) is 9.76. The molecule has 5 heteroatoms. The Kier molecular flexibility index (Phi) is 3.78. The zero-order valence-electron chi connectivity index (χ0n) is 11.8. The standard InChI is InChI=1S/C15H21N3O2/c1-2-13-15(17-9-11-4-3-7-19-11)18-12-6-5-10(16)8-14(12)20-13/h5-6,8,11,13H,2-4,7,9,16H2,1H3,(H,17,18). The minimum Gasteiger partial charge on any atom is -0.480 e. The third-order valence-corrected chi connectivity index (χ3v) is 3.70. The number of nitrogens with two attached hydrogens (primary N) is 1. The zero-order valence-corrected chi connectivity index (χ0v) is 11.8. The fourth-order valence-electron chi connectivity index (χ4n) is 2.57. The second-order valence-electron chi connectivity index (χ2n) is 5.26. The summed E-state index contributed by atoms with van der Waals surface area (Å²) in [4.78, 5) is 4.66. The number of hydrogen-bond acceptors (Lipinski definition) is 4. The molecule has 20 heavy (non-hydrogen) atoms. The summed E-state index contributed by atoms with van der Waals surface area (Å²) in [6.45, 7) is 3.65. The highest BCUT2D eigenvalue weighted by molar-refractivity contribution is 6.02. The number of benzene rings is 1. The van der Waals surface area contributed by atoms with Gasteiger partial charge in [-0.2, -0.15) is 0 Å². The lowest BCUT2D eigenvalue weighted by Gasteiger charge is -2.28.